The predicted octanol–water partition coefficient (Wildman–Crippen LogP) is 4.49. The summed E-state index contributed by atoms with van der Waals surface area (Å²) in [7, 11) is 0. The molecule has 1 N–H and O–H groups in total. The van der Waals surface area contributed by atoms with Gasteiger partial charge in [0.25, 0.3) is 0 Å². The molecule has 2 amide bonds. The SMILES string of the molecule is C=CCCCOC(=O)[C@H]1[C@H]2C(=O)N(CCCCCO)C(C(=O)N(CC=C)C3CCCCC3)C23CC[C@]1(C)S3. The van der Waals surface area contributed by atoms with Crippen molar-refractivity contribution in [2.24, 2.45) is 11.8 Å². The van der Waals surface area contributed by atoms with E-state index in [2.05, 4.69) is 20.1 Å². The lowest BCUT2D eigenvalue weighted by molar-refractivity contribution is -0.155. The van der Waals surface area contributed by atoms with Gasteiger partial charge < -0.3 is 19.6 Å². The number of esters is 1. The van der Waals surface area contributed by atoms with Crippen LogP contribution in [0.3, 0.4) is 0 Å². The Labute approximate surface area is 232 Å². The van der Waals surface area contributed by atoms with E-state index in [0.29, 0.717) is 32.5 Å². The number of fused-ring (bicyclic) bond motifs is 1. The summed E-state index contributed by atoms with van der Waals surface area (Å²) in [6.45, 7) is 11.1. The van der Waals surface area contributed by atoms with Gasteiger partial charge in [0.15, 0.2) is 0 Å². The summed E-state index contributed by atoms with van der Waals surface area (Å²) in [4.78, 5) is 46.0. The minimum Gasteiger partial charge on any atom is -0.465 e. The predicted molar refractivity (Wildman–Crippen MR) is 151 cm³/mol. The Balaban J connectivity index is 1.65. The third-order valence-electron chi connectivity index (χ3n) is 9.24. The summed E-state index contributed by atoms with van der Waals surface area (Å²) in [6.07, 6.45) is 14.2. The molecule has 8 heteroatoms. The number of unbranched alkanes of at least 4 members (excludes halogenated alkanes) is 3. The highest BCUT2D eigenvalue weighted by Gasteiger charge is 2.77. The third-order valence-corrected chi connectivity index (χ3v) is 11.2. The molecule has 4 aliphatic rings. The second-order valence-electron chi connectivity index (χ2n) is 11.7. The first kappa shape index (κ1) is 29.2. The first-order valence-electron chi connectivity index (χ1n) is 14.6. The lowest BCUT2D eigenvalue weighted by Gasteiger charge is -2.41. The van der Waals surface area contributed by atoms with E-state index >= 15 is 0 Å². The van der Waals surface area contributed by atoms with E-state index in [1.165, 1.54) is 6.42 Å². The van der Waals surface area contributed by atoms with E-state index in [9.17, 15) is 19.5 Å². The highest BCUT2D eigenvalue weighted by atomic mass is 32.2. The van der Waals surface area contributed by atoms with Crippen molar-refractivity contribution in [3.05, 3.63) is 25.3 Å². The lowest BCUT2D eigenvalue weighted by Crippen LogP contribution is -2.57. The van der Waals surface area contributed by atoms with Crippen LogP contribution < -0.4 is 0 Å². The number of carbonyl (C=O) groups is 3. The second-order valence-corrected chi connectivity index (χ2v) is 13.6. The minimum atomic E-state index is -0.612. The van der Waals surface area contributed by atoms with Gasteiger partial charge in [-0.15, -0.1) is 24.9 Å². The molecule has 3 heterocycles. The molecule has 4 rings (SSSR count). The molecular weight excluding hydrogens is 500 g/mol. The molecule has 1 saturated carbocycles. The van der Waals surface area contributed by atoms with E-state index in [0.717, 1.165) is 57.8 Å². The van der Waals surface area contributed by atoms with Gasteiger partial charge in [0.1, 0.15) is 6.04 Å². The zero-order chi connectivity index (χ0) is 27.3. The quantitative estimate of drug-likeness (QED) is 0.196. The number of allylic oxidation sites excluding steroid dienone is 1. The summed E-state index contributed by atoms with van der Waals surface area (Å²) in [5.41, 5.74) is 0. The van der Waals surface area contributed by atoms with E-state index < -0.39 is 27.4 Å². The monoisotopic (exact) mass is 546 g/mol. The maximum atomic E-state index is 14.5. The average molecular weight is 547 g/mol. The Morgan fingerprint density at radius 1 is 1.13 bits per heavy atom. The Morgan fingerprint density at radius 3 is 2.58 bits per heavy atom. The molecule has 0 aromatic rings. The summed E-state index contributed by atoms with van der Waals surface area (Å²) >= 11 is 1.71. The van der Waals surface area contributed by atoms with Gasteiger partial charge in [-0.2, -0.15) is 0 Å². The Hall–Kier alpha value is -1.80. The number of rotatable bonds is 14. The average Bonchev–Trinajstić information content (AvgIpc) is 3.48. The molecule has 1 spiro atoms. The van der Waals surface area contributed by atoms with Crippen molar-refractivity contribution in [1.82, 2.24) is 9.80 Å². The molecule has 3 saturated heterocycles. The molecule has 7 nitrogen and oxygen atoms in total. The molecule has 2 unspecified atom stereocenters. The van der Waals surface area contributed by atoms with Crippen LogP contribution in [0.5, 0.6) is 0 Å². The fourth-order valence-electron chi connectivity index (χ4n) is 7.47. The Kier molecular flexibility index (Phi) is 9.67. The second kappa shape index (κ2) is 12.6. The first-order valence-corrected chi connectivity index (χ1v) is 15.5. The topological polar surface area (TPSA) is 87.1 Å². The van der Waals surface area contributed by atoms with Crippen LogP contribution in [0.15, 0.2) is 25.3 Å². The largest absolute Gasteiger partial charge is 0.465 e. The van der Waals surface area contributed by atoms with Crippen molar-refractivity contribution in [2.75, 3.05) is 26.3 Å². The summed E-state index contributed by atoms with van der Waals surface area (Å²) in [6, 6.07) is -0.415. The molecule has 4 fully saturated rings. The Bertz CT molecular complexity index is 905. The highest BCUT2D eigenvalue weighted by Crippen LogP contribution is 2.71. The van der Waals surface area contributed by atoms with Crippen LogP contribution in [0.2, 0.25) is 0 Å². The molecule has 2 bridgehead atoms. The number of nitrogens with zero attached hydrogens (tertiary/aromatic N) is 2. The van der Waals surface area contributed by atoms with Gasteiger partial charge in [-0.3, -0.25) is 14.4 Å². The van der Waals surface area contributed by atoms with Crippen LogP contribution >= 0.6 is 11.8 Å². The maximum Gasteiger partial charge on any atom is 0.311 e. The van der Waals surface area contributed by atoms with Crippen LogP contribution in [-0.2, 0) is 19.1 Å². The van der Waals surface area contributed by atoms with E-state index in [4.69, 9.17) is 4.74 Å². The van der Waals surface area contributed by atoms with Crippen molar-refractivity contribution in [1.29, 1.82) is 0 Å². The number of thioether (sulfide) groups is 1. The highest BCUT2D eigenvalue weighted by molar-refractivity contribution is 8.02. The number of amides is 2. The fourth-order valence-corrected chi connectivity index (χ4v) is 9.81. The van der Waals surface area contributed by atoms with Gasteiger partial charge in [-0.05, 0) is 64.7 Å². The number of hydrogen-bond donors (Lipinski definition) is 1. The first-order chi connectivity index (χ1) is 18.3. The molecule has 5 atom stereocenters. The molecule has 3 aliphatic heterocycles. The molecule has 212 valence electrons. The molecular formula is C30H46N2O5S. The van der Waals surface area contributed by atoms with Crippen LogP contribution in [0.4, 0.5) is 0 Å². The van der Waals surface area contributed by atoms with Crippen molar-refractivity contribution >= 4 is 29.5 Å². The zero-order valence-corrected chi connectivity index (χ0v) is 23.9. The van der Waals surface area contributed by atoms with Crippen molar-refractivity contribution in [3.63, 3.8) is 0 Å². The fraction of sp³-hybridized carbons (Fsp3) is 0.767. The van der Waals surface area contributed by atoms with Gasteiger partial charge in [-0.25, -0.2) is 0 Å². The van der Waals surface area contributed by atoms with Gasteiger partial charge in [0.2, 0.25) is 11.8 Å². The summed E-state index contributed by atoms with van der Waals surface area (Å²) < 4.78 is 4.69. The Morgan fingerprint density at radius 2 is 1.89 bits per heavy atom. The minimum absolute atomic E-state index is 0.0200. The number of ether oxygens (including phenoxy) is 1. The number of hydrogen-bond acceptors (Lipinski definition) is 6. The molecule has 0 aromatic heterocycles. The van der Waals surface area contributed by atoms with Gasteiger partial charge in [0.05, 0.1) is 23.2 Å². The summed E-state index contributed by atoms with van der Waals surface area (Å²) in [5, 5.41) is 9.26. The number of carbonyl (C=O) groups excluding carboxylic acids is 3. The molecule has 1 aliphatic carbocycles. The maximum absolute atomic E-state index is 14.5. The third kappa shape index (κ3) is 5.32. The van der Waals surface area contributed by atoms with Gasteiger partial charge in [-0.1, -0.05) is 31.4 Å². The van der Waals surface area contributed by atoms with E-state index in [1.807, 2.05) is 11.0 Å². The smallest absolute Gasteiger partial charge is 0.311 e. The van der Waals surface area contributed by atoms with Crippen molar-refractivity contribution < 1.29 is 24.2 Å². The number of aliphatic hydroxyl groups is 1. The lowest BCUT2D eigenvalue weighted by atomic mass is 9.66. The normalized spacial score (nSPS) is 32.3. The van der Waals surface area contributed by atoms with E-state index in [-0.39, 0.29) is 30.4 Å². The van der Waals surface area contributed by atoms with Gasteiger partial charge >= 0.3 is 5.97 Å². The van der Waals surface area contributed by atoms with Crippen molar-refractivity contribution in [2.45, 2.75) is 106 Å². The molecule has 0 radical (unpaired) electrons. The zero-order valence-electron chi connectivity index (χ0n) is 23.1. The summed E-state index contributed by atoms with van der Waals surface area (Å²) in [5.74, 6) is -1.43. The van der Waals surface area contributed by atoms with Gasteiger partial charge in [0, 0.05) is 30.5 Å². The van der Waals surface area contributed by atoms with Crippen molar-refractivity contribution in [3.8, 4) is 0 Å². The van der Waals surface area contributed by atoms with Crippen LogP contribution in [0, 0.1) is 11.8 Å². The van der Waals surface area contributed by atoms with Crippen LogP contribution in [-0.4, -0.2) is 80.6 Å². The number of likely N-dealkylation sites (tertiary alicyclic amines) is 1. The standard InChI is InChI=1S/C30H46N2O5S/c1-4-6-13-21-37-28(36)24-23-26(34)32(19-11-8-12-20-33)25(30(23)17-16-29(24,3)38-30)27(35)31(18-5-2)22-14-9-7-10-15-22/h4-5,22-25,33H,1-2,6-21H2,3H3/t23-,24+,25?,29-,30?/m0/s1. The molecule has 38 heavy (non-hydrogen) atoms. The van der Waals surface area contributed by atoms with Crippen LogP contribution in [0.25, 0.3) is 0 Å². The van der Waals surface area contributed by atoms with E-state index in [1.54, 1.807) is 22.7 Å². The van der Waals surface area contributed by atoms with Crippen LogP contribution in [0.1, 0.15) is 84.0 Å². The number of aliphatic hydroxyl groups excluding tert-OH is 1. The molecule has 0 aromatic carbocycles.